The smallest absolute Gasteiger partial charge is 0.147 e. The summed E-state index contributed by atoms with van der Waals surface area (Å²) in [4.78, 5) is 0. The highest BCUT2D eigenvalue weighted by atomic mass is 19.1. The van der Waals surface area contributed by atoms with Crippen LogP contribution >= 0.6 is 0 Å². The van der Waals surface area contributed by atoms with E-state index in [1.54, 1.807) is 0 Å². The molecule has 1 aliphatic heterocycles. The van der Waals surface area contributed by atoms with Gasteiger partial charge in [0.1, 0.15) is 23.3 Å². The number of fused-ring (bicyclic) bond motifs is 1. The van der Waals surface area contributed by atoms with Crippen LogP contribution in [0.1, 0.15) is 30.1 Å². The molecule has 1 aromatic carbocycles. The quantitative estimate of drug-likeness (QED) is 0.859. The fraction of sp³-hybridized carbons (Fsp3) is 0.467. The second-order valence-electron chi connectivity index (χ2n) is 5.35. The lowest BCUT2D eigenvalue weighted by molar-refractivity contribution is 0.497. The Bertz CT molecular complexity index is 604. The van der Waals surface area contributed by atoms with Crippen LogP contribution in [-0.2, 0) is 25.9 Å². The summed E-state index contributed by atoms with van der Waals surface area (Å²) in [5.41, 5.74) is 0.656. The SMILES string of the molecule is Fc1cc(F)cc(CCNCc2nnc3n2CCCC3)c1. The molecular weight excluding hydrogens is 274 g/mol. The van der Waals surface area contributed by atoms with Gasteiger partial charge in [-0.15, -0.1) is 10.2 Å². The van der Waals surface area contributed by atoms with Crippen LogP contribution in [0.25, 0.3) is 0 Å². The molecule has 0 amide bonds. The first-order chi connectivity index (χ1) is 10.2. The molecule has 0 spiro atoms. The molecule has 3 rings (SSSR count). The van der Waals surface area contributed by atoms with Gasteiger partial charge in [-0.25, -0.2) is 8.78 Å². The maximum Gasteiger partial charge on any atom is 0.147 e. The Hall–Kier alpha value is -1.82. The van der Waals surface area contributed by atoms with Crippen molar-refractivity contribution in [1.29, 1.82) is 0 Å². The summed E-state index contributed by atoms with van der Waals surface area (Å²) < 4.78 is 28.3. The van der Waals surface area contributed by atoms with Gasteiger partial charge >= 0.3 is 0 Å². The third-order valence-corrected chi connectivity index (χ3v) is 3.73. The average Bonchev–Trinajstić information content (AvgIpc) is 2.86. The van der Waals surface area contributed by atoms with Crippen LogP contribution in [0.2, 0.25) is 0 Å². The van der Waals surface area contributed by atoms with Crippen molar-refractivity contribution in [2.24, 2.45) is 0 Å². The first-order valence-corrected chi connectivity index (χ1v) is 7.29. The minimum Gasteiger partial charge on any atom is -0.314 e. The van der Waals surface area contributed by atoms with Crippen LogP contribution in [-0.4, -0.2) is 21.3 Å². The van der Waals surface area contributed by atoms with Crippen molar-refractivity contribution in [1.82, 2.24) is 20.1 Å². The molecule has 6 heteroatoms. The summed E-state index contributed by atoms with van der Waals surface area (Å²) >= 11 is 0. The molecule has 1 aromatic heterocycles. The van der Waals surface area contributed by atoms with E-state index >= 15 is 0 Å². The zero-order chi connectivity index (χ0) is 14.7. The van der Waals surface area contributed by atoms with E-state index in [4.69, 9.17) is 0 Å². The maximum atomic E-state index is 13.1. The van der Waals surface area contributed by atoms with Crippen LogP contribution in [0.5, 0.6) is 0 Å². The summed E-state index contributed by atoms with van der Waals surface area (Å²) in [6, 6.07) is 3.62. The van der Waals surface area contributed by atoms with Crippen LogP contribution in [0.15, 0.2) is 18.2 Å². The lowest BCUT2D eigenvalue weighted by atomic mass is 10.1. The van der Waals surface area contributed by atoms with Crippen molar-refractivity contribution >= 4 is 0 Å². The summed E-state index contributed by atoms with van der Waals surface area (Å²) in [5.74, 6) is 0.938. The van der Waals surface area contributed by atoms with Gasteiger partial charge in [0.2, 0.25) is 0 Å². The predicted octanol–water partition coefficient (Wildman–Crippen LogP) is 2.22. The first kappa shape index (κ1) is 14.1. The van der Waals surface area contributed by atoms with Crippen molar-refractivity contribution in [2.75, 3.05) is 6.54 Å². The number of aromatic nitrogens is 3. The molecule has 0 bridgehead atoms. The zero-order valence-electron chi connectivity index (χ0n) is 11.8. The Morgan fingerprint density at radius 1 is 1.10 bits per heavy atom. The lowest BCUT2D eigenvalue weighted by Crippen LogP contribution is -2.21. The molecule has 0 aliphatic carbocycles. The first-order valence-electron chi connectivity index (χ1n) is 7.29. The van der Waals surface area contributed by atoms with Crippen molar-refractivity contribution in [3.8, 4) is 0 Å². The molecule has 1 N–H and O–H groups in total. The van der Waals surface area contributed by atoms with Crippen molar-refractivity contribution < 1.29 is 8.78 Å². The van der Waals surface area contributed by atoms with Gasteiger partial charge in [-0.05, 0) is 43.5 Å². The molecule has 0 saturated heterocycles. The number of halogens is 2. The van der Waals surface area contributed by atoms with Crippen LogP contribution < -0.4 is 5.32 Å². The molecule has 21 heavy (non-hydrogen) atoms. The Kier molecular flexibility index (Phi) is 4.24. The number of benzene rings is 1. The number of aryl methyl sites for hydroxylation is 1. The van der Waals surface area contributed by atoms with Gasteiger partial charge < -0.3 is 9.88 Å². The zero-order valence-corrected chi connectivity index (χ0v) is 11.8. The van der Waals surface area contributed by atoms with Gasteiger partial charge in [-0.1, -0.05) is 0 Å². The molecule has 0 fully saturated rings. The van der Waals surface area contributed by atoms with Gasteiger partial charge in [0, 0.05) is 19.0 Å². The monoisotopic (exact) mass is 292 g/mol. The summed E-state index contributed by atoms with van der Waals surface area (Å²) in [7, 11) is 0. The number of nitrogens with zero attached hydrogens (tertiary/aromatic N) is 3. The molecule has 2 aromatic rings. The standard InChI is InChI=1S/C15H18F2N4/c16-12-7-11(8-13(17)9-12)4-5-18-10-15-20-19-14-3-1-2-6-21(14)15/h7-9,18H,1-6,10H2. The highest BCUT2D eigenvalue weighted by Crippen LogP contribution is 2.14. The Morgan fingerprint density at radius 2 is 1.90 bits per heavy atom. The second kappa shape index (κ2) is 6.30. The van der Waals surface area contributed by atoms with E-state index < -0.39 is 11.6 Å². The van der Waals surface area contributed by atoms with Crippen molar-refractivity contribution in [3.05, 3.63) is 47.0 Å². The minimum atomic E-state index is -0.531. The maximum absolute atomic E-state index is 13.1. The van der Waals surface area contributed by atoms with Gasteiger partial charge in [0.15, 0.2) is 0 Å². The van der Waals surface area contributed by atoms with Crippen LogP contribution in [0, 0.1) is 11.6 Å². The Morgan fingerprint density at radius 3 is 2.71 bits per heavy atom. The van der Waals surface area contributed by atoms with E-state index in [1.807, 2.05) is 0 Å². The molecule has 0 unspecified atom stereocenters. The topological polar surface area (TPSA) is 42.7 Å². The largest absolute Gasteiger partial charge is 0.314 e. The van der Waals surface area contributed by atoms with Crippen molar-refractivity contribution in [3.63, 3.8) is 0 Å². The van der Waals surface area contributed by atoms with Crippen molar-refractivity contribution in [2.45, 2.75) is 38.8 Å². The molecule has 0 saturated carbocycles. The van der Waals surface area contributed by atoms with E-state index in [2.05, 4.69) is 20.1 Å². The third-order valence-electron chi connectivity index (χ3n) is 3.73. The van der Waals surface area contributed by atoms with E-state index in [0.29, 0.717) is 25.1 Å². The van der Waals surface area contributed by atoms with Gasteiger partial charge in [0.25, 0.3) is 0 Å². The molecule has 4 nitrogen and oxygen atoms in total. The predicted molar refractivity (Wildman–Crippen MR) is 74.7 cm³/mol. The average molecular weight is 292 g/mol. The fourth-order valence-electron chi connectivity index (χ4n) is 2.69. The minimum absolute atomic E-state index is 0.531. The molecule has 2 heterocycles. The molecule has 112 valence electrons. The van der Waals surface area contributed by atoms with E-state index in [9.17, 15) is 8.78 Å². The fourth-order valence-corrected chi connectivity index (χ4v) is 2.69. The van der Waals surface area contributed by atoms with Gasteiger partial charge in [-0.3, -0.25) is 0 Å². The summed E-state index contributed by atoms with van der Waals surface area (Å²) in [5, 5.41) is 11.6. The highest BCUT2D eigenvalue weighted by molar-refractivity contribution is 5.18. The second-order valence-corrected chi connectivity index (χ2v) is 5.35. The Balaban J connectivity index is 1.51. The molecular formula is C15H18F2N4. The molecule has 0 atom stereocenters. The number of nitrogens with one attached hydrogen (secondary N) is 1. The summed E-state index contributed by atoms with van der Waals surface area (Å²) in [6.45, 7) is 2.25. The number of hydrogen-bond acceptors (Lipinski definition) is 3. The Labute approximate surface area is 122 Å². The number of hydrogen-bond donors (Lipinski definition) is 1. The van der Waals surface area contributed by atoms with Gasteiger partial charge in [0.05, 0.1) is 6.54 Å². The van der Waals surface area contributed by atoms with Gasteiger partial charge in [-0.2, -0.15) is 0 Å². The lowest BCUT2D eigenvalue weighted by Gasteiger charge is -2.14. The summed E-state index contributed by atoms with van der Waals surface area (Å²) in [6.07, 6.45) is 3.92. The van der Waals surface area contributed by atoms with E-state index in [-0.39, 0.29) is 0 Å². The number of rotatable bonds is 5. The highest BCUT2D eigenvalue weighted by Gasteiger charge is 2.14. The van der Waals surface area contributed by atoms with Crippen LogP contribution in [0.3, 0.4) is 0 Å². The van der Waals surface area contributed by atoms with Crippen LogP contribution in [0.4, 0.5) is 8.78 Å². The molecule has 1 aliphatic rings. The third kappa shape index (κ3) is 3.44. The normalized spacial score (nSPS) is 14.2. The van der Waals surface area contributed by atoms with E-state index in [0.717, 1.165) is 30.7 Å². The van der Waals surface area contributed by atoms with E-state index in [1.165, 1.54) is 25.0 Å². The molecule has 0 radical (unpaired) electrons.